The smallest absolute Gasteiger partial charge is 0.305 e. The average Bonchev–Trinajstić information content (AvgIpc) is 2.56. The summed E-state index contributed by atoms with van der Waals surface area (Å²) in [5, 5.41) is 9.93. The minimum Gasteiger partial charge on any atom is -0.469 e. The zero-order valence-corrected chi connectivity index (χ0v) is 16.0. The number of rotatable bonds is 16. The fraction of sp³-hybridized carbons (Fsp3) is 0.947. The molecule has 138 valence electrons. The number of carbonyl (C=O) groups is 1. The van der Waals surface area contributed by atoms with Crippen LogP contribution < -0.4 is 0 Å². The molecular formula is C19H37ClO3. The van der Waals surface area contributed by atoms with Gasteiger partial charge in [0.15, 0.2) is 0 Å². The Labute approximate surface area is 148 Å². The van der Waals surface area contributed by atoms with Crippen LogP contribution in [0.2, 0.25) is 0 Å². The molecule has 2 atom stereocenters. The molecule has 0 aromatic rings. The van der Waals surface area contributed by atoms with Crippen LogP contribution in [0.1, 0.15) is 96.8 Å². The van der Waals surface area contributed by atoms with Gasteiger partial charge >= 0.3 is 5.97 Å². The summed E-state index contributed by atoms with van der Waals surface area (Å²) in [6.45, 7) is 2.19. The van der Waals surface area contributed by atoms with Crippen molar-refractivity contribution in [3.63, 3.8) is 0 Å². The number of esters is 1. The minimum absolute atomic E-state index is 0.0864. The number of aliphatic hydroxyl groups excluding tert-OH is 1. The van der Waals surface area contributed by atoms with Gasteiger partial charge in [-0.05, 0) is 19.3 Å². The summed E-state index contributed by atoms with van der Waals surface area (Å²) in [5.41, 5.74) is 0. The van der Waals surface area contributed by atoms with Crippen molar-refractivity contribution in [2.75, 3.05) is 7.11 Å². The lowest BCUT2D eigenvalue weighted by Gasteiger charge is -2.16. The van der Waals surface area contributed by atoms with Crippen LogP contribution in [0, 0.1) is 0 Å². The van der Waals surface area contributed by atoms with E-state index < -0.39 is 0 Å². The molecule has 0 radical (unpaired) electrons. The van der Waals surface area contributed by atoms with E-state index in [1.165, 1.54) is 52.1 Å². The van der Waals surface area contributed by atoms with E-state index in [0.717, 1.165) is 38.5 Å². The normalized spacial score (nSPS) is 13.7. The second-order valence-corrected chi connectivity index (χ2v) is 7.08. The number of aliphatic hydroxyl groups is 1. The van der Waals surface area contributed by atoms with E-state index in [-0.39, 0.29) is 17.5 Å². The second-order valence-electron chi connectivity index (χ2n) is 6.52. The monoisotopic (exact) mass is 348 g/mol. The molecule has 0 aromatic heterocycles. The second kappa shape index (κ2) is 16.6. The number of hydrogen-bond acceptors (Lipinski definition) is 3. The van der Waals surface area contributed by atoms with Gasteiger partial charge in [0.1, 0.15) is 0 Å². The number of alkyl halides is 1. The number of methoxy groups -OCH3 is 1. The summed E-state index contributed by atoms with van der Waals surface area (Å²) in [4.78, 5) is 10.9. The van der Waals surface area contributed by atoms with Gasteiger partial charge in [0.2, 0.25) is 0 Å². The minimum atomic E-state index is -0.341. The molecule has 0 aromatic carbocycles. The predicted molar refractivity (Wildman–Crippen MR) is 98.0 cm³/mol. The van der Waals surface area contributed by atoms with Crippen LogP contribution >= 0.6 is 11.6 Å². The number of ether oxygens (including phenoxy) is 1. The van der Waals surface area contributed by atoms with Crippen molar-refractivity contribution in [1.29, 1.82) is 0 Å². The van der Waals surface area contributed by atoms with Gasteiger partial charge < -0.3 is 9.84 Å². The van der Waals surface area contributed by atoms with Crippen LogP contribution in [0.3, 0.4) is 0 Å². The van der Waals surface area contributed by atoms with E-state index >= 15 is 0 Å². The summed E-state index contributed by atoms with van der Waals surface area (Å²) in [5.74, 6) is -0.105. The standard InChI is InChI=1S/C19H37ClO3/c1-3-4-5-12-15-18(21)17(20)14-11-9-7-6-8-10-13-16-19(22)23-2/h17-18,21H,3-16H2,1-2H3/t17-,18+/m1/s1. The predicted octanol–water partition coefficient (Wildman–Crippen LogP) is 5.61. The summed E-state index contributed by atoms with van der Waals surface area (Å²) in [6.07, 6.45) is 14.7. The highest BCUT2D eigenvalue weighted by Gasteiger charge is 2.15. The van der Waals surface area contributed by atoms with Crippen molar-refractivity contribution < 1.29 is 14.6 Å². The Bertz CT molecular complexity index is 271. The maximum Gasteiger partial charge on any atom is 0.305 e. The first-order chi connectivity index (χ1) is 11.1. The Morgan fingerprint density at radius 1 is 0.913 bits per heavy atom. The lowest BCUT2D eigenvalue weighted by Crippen LogP contribution is -2.20. The Balaban J connectivity index is 3.34. The average molecular weight is 349 g/mol. The largest absolute Gasteiger partial charge is 0.469 e. The van der Waals surface area contributed by atoms with Crippen LogP contribution in [0.5, 0.6) is 0 Å². The van der Waals surface area contributed by atoms with E-state index in [1.54, 1.807) is 0 Å². The lowest BCUT2D eigenvalue weighted by molar-refractivity contribution is -0.140. The van der Waals surface area contributed by atoms with Gasteiger partial charge in [-0.3, -0.25) is 4.79 Å². The lowest BCUT2D eigenvalue weighted by atomic mass is 10.0. The zero-order chi connectivity index (χ0) is 17.3. The fourth-order valence-corrected chi connectivity index (χ4v) is 3.03. The molecule has 3 nitrogen and oxygen atoms in total. The molecule has 1 N–H and O–H groups in total. The molecule has 4 heteroatoms. The third-order valence-electron chi connectivity index (χ3n) is 4.36. The highest BCUT2D eigenvalue weighted by molar-refractivity contribution is 6.21. The molecule has 0 unspecified atom stereocenters. The van der Waals surface area contributed by atoms with Gasteiger partial charge in [0.05, 0.1) is 18.6 Å². The Kier molecular flexibility index (Phi) is 16.4. The van der Waals surface area contributed by atoms with Gasteiger partial charge in [-0.25, -0.2) is 0 Å². The molecule has 0 bridgehead atoms. The van der Waals surface area contributed by atoms with Gasteiger partial charge in [-0.15, -0.1) is 11.6 Å². The van der Waals surface area contributed by atoms with Crippen LogP contribution in [0.25, 0.3) is 0 Å². The Morgan fingerprint density at radius 3 is 2.04 bits per heavy atom. The van der Waals surface area contributed by atoms with E-state index in [0.29, 0.717) is 6.42 Å². The maximum absolute atomic E-state index is 10.9. The Hall–Kier alpha value is -0.280. The molecule has 0 amide bonds. The van der Waals surface area contributed by atoms with Crippen molar-refractivity contribution in [2.24, 2.45) is 0 Å². The molecule has 0 aliphatic rings. The first-order valence-corrected chi connectivity index (χ1v) is 9.94. The highest BCUT2D eigenvalue weighted by Crippen LogP contribution is 2.18. The summed E-state index contributed by atoms with van der Waals surface area (Å²) in [6, 6.07) is 0. The molecule has 0 spiro atoms. The molecule has 0 aliphatic heterocycles. The third-order valence-corrected chi connectivity index (χ3v) is 4.87. The van der Waals surface area contributed by atoms with Crippen molar-refractivity contribution in [3.8, 4) is 0 Å². The van der Waals surface area contributed by atoms with E-state index in [1.807, 2.05) is 0 Å². The van der Waals surface area contributed by atoms with Gasteiger partial charge in [0, 0.05) is 6.42 Å². The van der Waals surface area contributed by atoms with Crippen molar-refractivity contribution in [3.05, 3.63) is 0 Å². The number of hydrogen-bond donors (Lipinski definition) is 1. The van der Waals surface area contributed by atoms with Crippen molar-refractivity contribution >= 4 is 17.6 Å². The van der Waals surface area contributed by atoms with Gasteiger partial charge in [-0.1, -0.05) is 71.1 Å². The molecule has 0 saturated heterocycles. The summed E-state index contributed by atoms with van der Waals surface area (Å²) in [7, 11) is 1.44. The SMILES string of the molecule is CCCCCC[C@H](O)[C@H](Cl)CCCCCCCCCC(=O)OC. The van der Waals surface area contributed by atoms with Crippen LogP contribution in [0.4, 0.5) is 0 Å². The number of carbonyl (C=O) groups excluding carboxylic acids is 1. The van der Waals surface area contributed by atoms with E-state index in [9.17, 15) is 9.90 Å². The van der Waals surface area contributed by atoms with Crippen LogP contribution in [-0.2, 0) is 9.53 Å². The quantitative estimate of drug-likeness (QED) is 0.224. The first kappa shape index (κ1) is 22.7. The topological polar surface area (TPSA) is 46.5 Å². The van der Waals surface area contributed by atoms with Gasteiger partial charge in [0.25, 0.3) is 0 Å². The van der Waals surface area contributed by atoms with Crippen LogP contribution in [0.15, 0.2) is 0 Å². The summed E-state index contributed by atoms with van der Waals surface area (Å²) < 4.78 is 4.62. The van der Waals surface area contributed by atoms with Crippen molar-refractivity contribution in [2.45, 2.75) is 108 Å². The summed E-state index contributed by atoms with van der Waals surface area (Å²) >= 11 is 6.28. The molecule has 23 heavy (non-hydrogen) atoms. The molecule has 0 rings (SSSR count). The van der Waals surface area contributed by atoms with E-state index in [4.69, 9.17) is 11.6 Å². The first-order valence-electron chi connectivity index (χ1n) is 9.50. The molecule has 0 heterocycles. The maximum atomic E-state index is 10.9. The fourth-order valence-electron chi connectivity index (χ4n) is 2.75. The zero-order valence-electron chi connectivity index (χ0n) is 15.2. The third kappa shape index (κ3) is 15.0. The molecule has 0 aliphatic carbocycles. The van der Waals surface area contributed by atoms with Crippen molar-refractivity contribution in [1.82, 2.24) is 0 Å². The number of halogens is 1. The number of unbranched alkanes of at least 4 members (excludes halogenated alkanes) is 9. The molecule has 0 fully saturated rings. The Morgan fingerprint density at radius 2 is 1.43 bits per heavy atom. The van der Waals surface area contributed by atoms with Gasteiger partial charge in [-0.2, -0.15) is 0 Å². The van der Waals surface area contributed by atoms with Crippen LogP contribution in [-0.4, -0.2) is 29.7 Å². The molecule has 0 saturated carbocycles. The van der Waals surface area contributed by atoms with E-state index in [2.05, 4.69) is 11.7 Å². The molecular weight excluding hydrogens is 312 g/mol. The highest BCUT2D eigenvalue weighted by atomic mass is 35.5.